The summed E-state index contributed by atoms with van der Waals surface area (Å²) in [7, 11) is 0. The molecule has 2 atom stereocenters. The number of hydrogen-bond donors (Lipinski definition) is 2. The van der Waals surface area contributed by atoms with Gasteiger partial charge in [-0.2, -0.15) is 0 Å². The first-order chi connectivity index (χ1) is 9.78. The van der Waals surface area contributed by atoms with Gasteiger partial charge in [-0.05, 0) is 37.3 Å². The van der Waals surface area contributed by atoms with E-state index in [1.807, 2.05) is 6.20 Å². The van der Waals surface area contributed by atoms with Crippen LogP contribution in [0.2, 0.25) is 0 Å². The van der Waals surface area contributed by atoms with Crippen molar-refractivity contribution in [1.82, 2.24) is 14.7 Å². The lowest BCUT2D eigenvalue weighted by Crippen LogP contribution is -2.39. The molecule has 4 heteroatoms. The van der Waals surface area contributed by atoms with E-state index >= 15 is 0 Å². The van der Waals surface area contributed by atoms with Crippen molar-refractivity contribution in [3.8, 4) is 0 Å². The molecule has 1 saturated carbocycles. The summed E-state index contributed by atoms with van der Waals surface area (Å²) in [5.74, 6) is 0.407. The van der Waals surface area contributed by atoms with E-state index in [1.54, 1.807) is 0 Å². The van der Waals surface area contributed by atoms with Gasteiger partial charge in [0.05, 0.1) is 11.9 Å². The molecule has 1 aliphatic carbocycles. The van der Waals surface area contributed by atoms with Gasteiger partial charge in [-0.25, -0.2) is 4.98 Å². The third-order valence-electron chi connectivity index (χ3n) is 4.42. The number of nitrogens with one attached hydrogen (secondary N) is 1. The Hall–Kier alpha value is -1.39. The first-order valence-electron chi connectivity index (χ1n) is 7.55. The zero-order valence-corrected chi connectivity index (χ0v) is 12.0. The molecule has 0 radical (unpaired) electrons. The molecule has 0 amide bonds. The highest BCUT2D eigenvalue weighted by Crippen LogP contribution is 2.24. The first kappa shape index (κ1) is 13.6. The Labute approximate surface area is 119 Å². The normalized spacial score (nSPS) is 23.3. The monoisotopic (exact) mass is 273 g/mol. The SMILES string of the molecule is Cc1ccc2ncc(CNC3CCCCC3CO)n2c1. The van der Waals surface area contributed by atoms with Crippen LogP contribution in [0.3, 0.4) is 0 Å². The topological polar surface area (TPSA) is 49.6 Å². The minimum atomic E-state index is 0.296. The Balaban J connectivity index is 1.71. The number of aliphatic hydroxyl groups excluding tert-OH is 1. The first-order valence-corrected chi connectivity index (χ1v) is 7.55. The van der Waals surface area contributed by atoms with Crippen LogP contribution in [0.5, 0.6) is 0 Å². The van der Waals surface area contributed by atoms with Gasteiger partial charge in [-0.1, -0.05) is 18.9 Å². The zero-order valence-electron chi connectivity index (χ0n) is 12.0. The van der Waals surface area contributed by atoms with Crippen molar-refractivity contribution < 1.29 is 5.11 Å². The summed E-state index contributed by atoms with van der Waals surface area (Å²) >= 11 is 0. The third kappa shape index (κ3) is 2.72. The number of aliphatic hydroxyl groups is 1. The van der Waals surface area contributed by atoms with Gasteiger partial charge in [-0.15, -0.1) is 0 Å². The smallest absolute Gasteiger partial charge is 0.136 e. The predicted molar refractivity (Wildman–Crippen MR) is 79.6 cm³/mol. The second-order valence-electron chi connectivity index (χ2n) is 5.90. The number of rotatable bonds is 4. The lowest BCUT2D eigenvalue weighted by molar-refractivity contribution is 0.152. The van der Waals surface area contributed by atoms with Crippen molar-refractivity contribution in [2.45, 2.75) is 45.2 Å². The summed E-state index contributed by atoms with van der Waals surface area (Å²) in [6.07, 6.45) is 8.89. The highest BCUT2D eigenvalue weighted by Gasteiger charge is 2.24. The van der Waals surface area contributed by atoms with Gasteiger partial charge in [0.25, 0.3) is 0 Å². The lowest BCUT2D eigenvalue weighted by Gasteiger charge is -2.31. The van der Waals surface area contributed by atoms with Crippen LogP contribution in [0.25, 0.3) is 5.65 Å². The number of aryl methyl sites for hydroxylation is 1. The average Bonchev–Trinajstić information content (AvgIpc) is 2.87. The Bertz CT molecular complexity index is 578. The van der Waals surface area contributed by atoms with Gasteiger partial charge >= 0.3 is 0 Å². The molecule has 2 heterocycles. The third-order valence-corrected chi connectivity index (χ3v) is 4.42. The molecule has 2 unspecified atom stereocenters. The van der Waals surface area contributed by atoms with Crippen molar-refractivity contribution in [3.05, 3.63) is 35.8 Å². The maximum atomic E-state index is 9.47. The molecule has 2 aromatic rings. The highest BCUT2D eigenvalue weighted by atomic mass is 16.3. The van der Waals surface area contributed by atoms with Crippen LogP contribution in [0, 0.1) is 12.8 Å². The lowest BCUT2D eigenvalue weighted by atomic mass is 9.85. The van der Waals surface area contributed by atoms with Gasteiger partial charge in [0.15, 0.2) is 0 Å². The summed E-state index contributed by atoms with van der Waals surface area (Å²) in [4.78, 5) is 4.44. The van der Waals surface area contributed by atoms with Crippen molar-refractivity contribution in [2.24, 2.45) is 5.92 Å². The fourth-order valence-electron chi connectivity index (χ4n) is 3.20. The van der Waals surface area contributed by atoms with E-state index in [2.05, 4.69) is 40.0 Å². The maximum Gasteiger partial charge on any atom is 0.136 e. The minimum Gasteiger partial charge on any atom is -0.396 e. The summed E-state index contributed by atoms with van der Waals surface area (Å²) < 4.78 is 2.15. The van der Waals surface area contributed by atoms with E-state index in [0.717, 1.165) is 18.6 Å². The molecule has 0 saturated heterocycles. The molecule has 0 bridgehead atoms. The number of pyridine rings is 1. The van der Waals surface area contributed by atoms with Crippen LogP contribution < -0.4 is 5.32 Å². The van der Waals surface area contributed by atoms with Crippen LogP contribution in [-0.2, 0) is 6.54 Å². The van der Waals surface area contributed by atoms with Crippen molar-refractivity contribution in [1.29, 1.82) is 0 Å². The number of imidazole rings is 1. The van der Waals surface area contributed by atoms with Crippen molar-refractivity contribution in [3.63, 3.8) is 0 Å². The van der Waals surface area contributed by atoms with E-state index in [1.165, 1.54) is 30.5 Å². The van der Waals surface area contributed by atoms with Crippen molar-refractivity contribution >= 4 is 5.65 Å². The van der Waals surface area contributed by atoms with Gasteiger partial charge in [0, 0.05) is 25.4 Å². The molecule has 20 heavy (non-hydrogen) atoms. The number of nitrogens with zero attached hydrogens (tertiary/aromatic N) is 2. The highest BCUT2D eigenvalue weighted by molar-refractivity contribution is 5.41. The molecule has 0 aromatic carbocycles. The van der Waals surface area contributed by atoms with Crippen LogP contribution in [-0.4, -0.2) is 27.1 Å². The van der Waals surface area contributed by atoms with Gasteiger partial charge in [0.2, 0.25) is 0 Å². The molecule has 108 valence electrons. The quantitative estimate of drug-likeness (QED) is 0.898. The van der Waals surface area contributed by atoms with Gasteiger partial charge in [-0.3, -0.25) is 0 Å². The molecular weight excluding hydrogens is 250 g/mol. The molecular formula is C16H23N3O. The van der Waals surface area contributed by atoms with Gasteiger partial charge < -0.3 is 14.8 Å². The van der Waals surface area contributed by atoms with E-state index in [4.69, 9.17) is 0 Å². The molecule has 2 aromatic heterocycles. The average molecular weight is 273 g/mol. The second kappa shape index (κ2) is 5.94. The van der Waals surface area contributed by atoms with E-state index in [9.17, 15) is 5.11 Å². The summed E-state index contributed by atoms with van der Waals surface area (Å²) in [6, 6.07) is 4.57. The van der Waals surface area contributed by atoms with Crippen LogP contribution in [0.15, 0.2) is 24.5 Å². The Morgan fingerprint density at radius 1 is 1.35 bits per heavy atom. The molecule has 3 rings (SSSR count). The van der Waals surface area contributed by atoms with Crippen LogP contribution in [0.4, 0.5) is 0 Å². The maximum absolute atomic E-state index is 9.47. The van der Waals surface area contributed by atoms with E-state index in [0.29, 0.717) is 18.6 Å². The standard InChI is InChI=1S/C16H23N3O/c1-12-6-7-16-18-9-14(19(16)10-12)8-17-15-5-3-2-4-13(15)11-20/h6-7,9-10,13,15,17,20H,2-5,8,11H2,1H3. The van der Waals surface area contributed by atoms with E-state index in [-0.39, 0.29) is 0 Å². The predicted octanol–water partition coefficient (Wildman–Crippen LogP) is 2.28. The largest absolute Gasteiger partial charge is 0.396 e. The molecule has 0 spiro atoms. The zero-order chi connectivity index (χ0) is 13.9. The molecule has 4 nitrogen and oxygen atoms in total. The summed E-state index contributed by atoms with van der Waals surface area (Å²) in [5.41, 5.74) is 3.42. The Morgan fingerprint density at radius 2 is 2.20 bits per heavy atom. The summed E-state index contributed by atoms with van der Waals surface area (Å²) in [6.45, 7) is 3.20. The molecule has 1 fully saturated rings. The van der Waals surface area contributed by atoms with Gasteiger partial charge in [0.1, 0.15) is 5.65 Å². The summed E-state index contributed by atoms with van der Waals surface area (Å²) in [5, 5.41) is 13.1. The Morgan fingerprint density at radius 3 is 3.05 bits per heavy atom. The van der Waals surface area contributed by atoms with E-state index < -0.39 is 0 Å². The van der Waals surface area contributed by atoms with Crippen molar-refractivity contribution in [2.75, 3.05) is 6.61 Å². The molecule has 0 aliphatic heterocycles. The van der Waals surface area contributed by atoms with Crippen LogP contribution in [0.1, 0.15) is 36.9 Å². The number of aromatic nitrogens is 2. The second-order valence-corrected chi connectivity index (χ2v) is 5.90. The number of hydrogen-bond acceptors (Lipinski definition) is 3. The minimum absolute atomic E-state index is 0.296. The number of fused-ring (bicyclic) bond motifs is 1. The molecule has 2 N–H and O–H groups in total. The molecule has 1 aliphatic rings. The van der Waals surface area contributed by atoms with Crippen LogP contribution >= 0.6 is 0 Å². The Kier molecular flexibility index (Phi) is 4.03. The fraction of sp³-hybridized carbons (Fsp3) is 0.562. The fourth-order valence-corrected chi connectivity index (χ4v) is 3.20.